The monoisotopic (exact) mass is 673 g/mol. The van der Waals surface area contributed by atoms with E-state index in [0.717, 1.165) is 34.1 Å². The summed E-state index contributed by atoms with van der Waals surface area (Å²) in [6, 6.07) is 30.7. The minimum absolute atomic E-state index is 0.0297. The molecule has 0 aliphatic carbocycles. The molecule has 0 unspecified atom stereocenters. The number of nitrogens with zero attached hydrogens (tertiary/aromatic N) is 1. The molecule has 0 radical (unpaired) electrons. The molecule has 0 saturated carbocycles. The molecular weight excluding hydrogens is 635 g/mol. The quantitative estimate of drug-likeness (QED) is 0.145. The number of benzene rings is 5. The van der Waals surface area contributed by atoms with E-state index >= 15 is 0 Å². The minimum atomic E-state index is -4.55. The Kier molecular flexibility index (Phi) is 9.45. The minimum Gasteiger partial charge on any atom is -0.481 e. The fraction of sp³-hybridized carbons (Fsp3) is 0.195. The zero-order chi connectivity index (χ0) is 34.9. The number of hydrogen-bond donors (Lipinski definition) is 2. The topological polar surface area (TPSA) is 104 Å². The second kappa shape index (κ2) is 13.7. The van der Waals surface area contributed by atoms with Crippen LogP contribution in [-0.2, 0) is 21.3 Å². The van der Waals surface area contributed by atoms with E-state index in [1.54, 1.807) is 18.2 Å². The van der Waals surface area contributed by atoms with Crippen molar-refractivity contribution in [3.63, 3.8) is 0 Å². The molecule has 0 saturated heterocycles. The molecule has 8 heteroatoms. The molecule has 1 aliphatic rings. The Balaban J connectivity index is 1.52. The van der Waals surface area contributed by atoms with Crippen molar-refractivity contribution in [2.75, 3.05) is 11.4 Å². The van der Waals surface area contributed by atoms with Crippen LogP contribution in [0.3, 0.4) is 0 Å². The molecule has 0 atom stereocenters. The second-order valence-electron chi connectivity index (χ2n) is 12.7. The molecule has 49 heavy (non-hydrogen) atoms. The summed E-state index contributed by atoms with van der Waals surface area (Å²) in [6.45, 7) is 8.72. The lowest BCUT2D eigenvalue weighted by atomic mass is 9.92. The number of aliphatic carboxylic acids is 1. The summed E-state index contributed by atoms with van der Waals surface area (Å²) in [6.07, 6.45) is 3.34. The Morgan fingerprint density at radius 1 is 0.796 bits per heavy atom. The standard InChI is InChI=1S/C41H39NO6S/c1-26-11-15-31(28(3)22-26)16-13-30-14-18-33-37(24-30)48-38-25-32(42(21-7-10-40(43)44)36-20-12-27(2)23-29(36)4)17-19-34(38)41(33)35-8-5-6-9-39(35)49(45,46)47/h5-6,8-9,11-15,17-20,22-25H,7,10,16,21H2,1-4H3,(H,43,44)(H,45,46,47)/b30-13+. The molecular formula is C41H39NO6S. The van der Waals surface area contributed by atoms with Crippen LogP contribution in [0.4, 0.5) is 11.4 Å². The highest BCUT2D eigenvalue weighted by atomic mass is 32.2. The van der Waals surface area contributed by atoms with Crippen LogP contribution in [0.15, 0.2) is 102 Å². The van der Waals surface area contributed by atoms with E-state index in [9.17, 15) is 22.9 Å². The Hall–Kier alpha value is -5.18. The van der Waals surface area contributed by atoms with Gasteiger partial charge in [0.25, 0.3) is 10.1 Å². The van der Waals surface area contributed by atoms with E-state index in [1.807, 2.05) is 62.4 Å². The maximum atomic E-state index is 12.6. The molecule has 5 aromatic rings. The number of aryl methyl sites for hydroxylation is 4. The number of anilines is 2. The van der Waals surface area contributed by atoms with Crippen LogP contribution >= 0.6 is 0 Å². The van der Waals surface area contributed by atoms with Gasteiger partial charge in [-0.05, 0) is 98.8 Å². The highest BCUT2D eigenvalue weighted by Gasteiger charge is 2.26. The largest absolute Gasteiger partial charge is 0.481 e. The number of carboxylic acid groups (broad SMARTS) is 1. The van der Waals surface area contributed by atoms with Gasteiger partial charge < -0.3 is 14.7 Å². The van der Waals surface area contributed by atoms with Gasteiger partial charge in [0, 0.05) is 52.3 Å². The van der Waals surface area contributed by atoms with Gasteiger partial charge in [-0.1, -0.05) is 71.8 Å². The highest BCUT2D eigenvalue weighted by Crippen LogP contribution is 2.41. The number of fused-ring (bicyclic) bond motifs is 2. The van der Waals surface area contributed by atoms with E-state index in [1.165, 1.54) is 22.8 Å². The van der Waals surface area contributed by atoms with Crippen molar-refractivity contribution in [3.8, 4) is 11.5 Å². The number of rotatable bonds is 10. The average molecular weight is 674 g/mol. The number of ether oxygens (including phenoxy) is 1. The first-order chi connectivity index (χ1) is 23.4. The first kappa shape index (κ1) is 33.7. The highest BCUT2D eigenvalue weighted by molar-refractivity contribution is 7.86. The summed E-state index contributed by atoms with van der Waals surface area (Å²) in [5, 5.41) is 11.0. The van der Waals surface area contributed by atoms with Crippen LogP contribution in [0.2, 0.25) is 0 Å². The summed E-state index contributed by atoms with van der Waals surface area (Å²) in [5.74, 6) is 0.223. The summed E-state index contributed by atoms with van der Waals surface area (Å²) < 4.78 is 42.1. The molecule has 6 rings (SSSR count). The van der Waals surface area contributed by atoms with Crippen molar-refractivity contribution >= 4 is 39.1 Å². The molecule has 0 spiro atoms. The van der Waals surface area contributed by atoms with Gasteiger partial charge in [-0.15, -0.1) is 0 Å². The van der Waals surface area contributed by atoms with Crippen molar-refractivity contribution in [1.82, 2.24) is 0 Å². The predicted molar refractivity (Wildman–Crippen MR) is 194 cm³/mol. The van der Waals surface area contributed by atoms with Gasteiger partial charge in [-0.2, -0.15) is 8.42 Å². The first-order valence-corrected chi connectivity index (χ1v) is 17.7. The van der Waals surface area contributed by atoms with Gasteiger partial charge in [0.1, 0.15) is 16.4 Å². The van der Waals surface area contributed by atoms with Crippen molar-refractivity contribution in [3.05, 3.63) is 146 Å². The Bertz CT molecular complexity index is 2330. The molecule has 2 N–H and O–H groups in total. The second-order valence-corrected chi connectivity index (χ2v) is 14.1. The van der Waals surface area contributed by atoms with E-state index < -0.39 is 16.1 Å². The van der Waals surface area contributed by atoms with Crippen LogP contribution in [0.5, 0.6) is 11.5 Å². The van der Waals surface area contributed by atoms with Crippen LogP contribution in [0.1, 0.15) is 51.8 Å². The van der Waals surface area contributed by atoms with Gasteiger partial charge in [0.2, 0.25) is 0 Å². The van der Waals surface area contributed by atoms with E-state index in [2.05, 4.69) is 49.1 Å². The fourth-order valence-corrected chi connectivity index (χ4v) is 7.27. The van der Waals surface area contributed by atoms with Crippen molar-refractivity contribution in [2.24, 2.45) is 0 Å². The molecule has 0 aromatic heterocycles. The molecule has 5 aromatic carbocycles. The Morgan fingerprint density at radius 2 is 1.53 bits per heavy atom. The van der Waals surface area contributed by atoms with E-state index in [0.29, 0.717) is 46.4 Å². The lowest BCUT2D eigenvalue weighted by Gasteiger charge is -2.29. The van der Waals surface area contributed by atoms with Crippen LogP contribution in [-0.4, -0.2) is 30.6 Å². The van der Waals surface area contributed by atoms with Crippen LogP contribution in [0.25, 0.3) is 11.6 Å². The third kappa shape index (κ3) is 7.31. The normalized spacial score (nSPS) is 12.7. The van der Waals surface area contributed by atoms with E-state index in [4.69, 9.17) is 4.74 Å². The van der Waals surface area contributed by atoms with Gasteiger partial charge in [0.15, 0.2) is 0 Å². The predicted octanol–water partition coefficient (Wildman–Crippen LogP) is 7.55. The third-order valence-electron chi connectivity index (χ3n) is 8.95. The average Bonchev–Trinajstić information content (AvgIpc) is 3.05. The Morgan fingerprint density at radius 3 is 2.24 bits per heavy atom. The summed E-state index contributed by atoms with van der Waals surface area (Å²) in [5.41, 5.74) is 9.26. The van der Waals surface area contributed by atoms with Gasteiger partial charge in [-0.3, -0.25) is 9.35 Å². The first-order valence-electron chi connectivity index (χ1n) is 16.3. The number of carbonyl (C=O) groups is 1. The third-order valence-corrected chi connectivity index (χ3v) is 9.86. The lowest BCUT2D eigenvalue weighted by molar-refractivity contribution is -0.137. The lowest BCUT2D eigenvalue weighted by Crippen LogP contribution is -2.23. The zero-order valence-electron chi connectivity index (χ0n) is 28.0. The SMILES string of the molecule is Cc1ccc(C/C=c2\ccc3c(c2)Oc2cc(N(CCCC(=O)O)c4ccc(C)cc4C)ccc2C=3c2ccccc2S(=O)(=O)O)c(C)c1. The van der Waals surface area contributed by atoms with Crippen molar-refractivity contribution in [1.29, 1.82) is 0 Å². The van der Waals surface area contributed by atoms with E-state index in [-0.39, 0.29) is 11.3 Å². The van der Waals surface area contributed by atoms with Crippen molar-refractivity contribution < 1.29 is 27.6 Å². The molecule has 0 bridgehead atoms. The number of hydrogen-bond acceptors (Lipinski definition) is 5. The molecule has 1 heterocycles. The van der Waals surface area contributed by atoms with Gasteiger partial charge in [0.05, 0.1) is 0 Å². The van der Waals surface area contributed by atoms with Crippen molar-refractivity contribution in [2.45, 2.75) is 51.9 Å². The summed E-state index contributed by atoms with van der Waals surface area (Å²) in [4.78, 5) is 13.3. The molecule has 0 amide bonds. The Labute approximate surface area is 287 Å². The van der Waals surface area contributed by atoms with Gasteiger partial charge >= 0.3 is 5.97 Å². The molecule has 1 aliphatic heterocycles. The van der Waals surface area contributed by atoms with Gasteiger partial charge in [-0.25, -0.2) is 0 Å². The molecule has 0 fully saturated rings. The van der Waals surface area contributed by atoms with Crippen LogP contribution in [0, 0.1) is 27.7 Å². The molecule has 250 valence electrons. The fourth-order valence-electron chi connectivity index (χ4n) is 6.57. The smallest absolute Gasteiger partial charge is 0.303 e. The summed E-state index contributed by atoms with van der Waals surface area (Å²) >= 11 is 0. The zero-order valence-corrected chi connectivity index (χ0v) is 28.8. The maximum absolute atomic E-state index is 12.6. The van der Waals surface area contributed by atoms with Crippen LogP contribution < -0.4 is 20.1 Å². The summed E-state index contributed by atoms with van der Waals surface area (Å²) in [7, 11) is -4.55. The number of carboxylic acids is 1. The molecule has 7 nitrogen and oxygen atoms in total. The maximum Gasteiger partial charge on any atom is 0.303 e.